The fourth-order valence-electron chi connectivity index (χ4n) is 1.68. The van der Waals surface area contributed by atoms with Gasteiger partial charge in [0.1, 0.15) is 0 Å². The van der Waals surface area contributed by atoms with Crippen LogP contribution in [0.2, 0.25) is 0 Å². The molecule has 0 radical (unpaired) electrons. The summed E-state index contributed by atoms with van der Waals surface area (Å²) < 4.78 is 0. The zero-order valence-electron chi connectivity index (χ0n) is 7.81. The molecule has 0 unspecified atom stereocenters. The summed E-state index contributed by atoms with van der Waals surface area (Å²) in [6.07, 6.45) is 5.94. The lowest BCUT2D eigenvalue weighted by atomic mass is 9.67. The van der Waals surface area contributed by atoms with Crippen molar-refractivity contribution in [3.8, 4) is 6.07 Å². The van der Waals surface area contributed by atoms with Crippen LogP contribution in [-0.4, -0.2) is 11.5 Å². The Hall–Kier alpha value is -0.160. The van der Waals surface area contributed by atoms with Crippen molar-refractivity contribution < 1.29 is 0 Å². The second-order valence-corrected chi connectivity index (χ2v) is 4.94. The van der Waals surface area contributed by atoms with Crippen LogP contribution in [0, 0.1) is 16.7 Å². The van der Waals surface area contributed by atoms with E-state index in [0.717, 1.165) is 19.3 Å². The standard InChI is InChI=1S/C10H17NS/c1-2-12-8-4-7-10(9-11)5-3-6-10/h2-8H2,1H3. The van der Waals surface area contributed by atoms with Gasteiger partial charge in [0, 0.05) is 0 Å². The van der Waals surface area contributed by atoms with Crippen molar-refractivity contribution in [2.45, 2.75) is 39.0 Å². The van der Waals surface area contributed by atoms with E-state index < -0.39 is 0 Å². The molecule has 0 spiro atoms. The van der Waals surface area contributed by atoms with Gasteiger partial charge in [0.15, 0.2) is 0 Å². The van der Waals surface area contributed by atoms with Crippen LogP contribution in [0.1, 0.15) is 39.0 Å². The average Bonchev–Trinajstić information content (AvgIpc) is 2.02. The third-order valence-corrected chi connectivity index (χ3v) is 3.68. The number of hydrogen-bond donors (Lipinski definition) is 0. The first-order valence-corrected chi connectivity index (χ1v) is 5.97. The first kappa shape index (κ1) is 9.92. The number of nitriles is 1. The van der Waals surface area contributed by atoms with Gasteiger partial charge in [-0.05, 0) is 37.2 Å². The van der Waals surface area contributed by atoms with Crippen LogP contribution in [0.4, 0.5) is 0 Å². The summed E-state index contributed by atoms with van der Waals surface area (Å²) in [7, 11) is 0. The fraction of sp³-hybridized carbons (Fsp3) is 0.900. The van der Waals surface area contributed by atoms with E-state index in [9.17, 15) is 0 Å². The molecule has 0 aromatic heterocycles. The maximum Gasteiger partial charge on any atom is 0.0689 e. The second-order valence-electron chi connectivity index (χ2n) is 3.55. The van der Waals surface area contributed by atoms with Gasteiger partial charge in [-0.1, -0.05) is 13.3 Å². The maximum atomic E-state index is 8.94. The first-order chi connectivity index (χ1) is 5.83. The Labute approximate surface area is 79.5 Å². The van der Waals surface area contributed by atoms with Gasteiger partial charge in [0.2, 0.25) is 0 Å². The van der Waals surface area contributed by atoms with Crippen molar-refractivity contribution in [2.24, 2.45) is 5.41 Å². The number of nitrogens with zero attached hydrogens (tertiary/aromatic N) is 1. The van der Waals surface area contributed by atoms with Crippen molar-refractivity contribution in [3.63, 3.8) is 0 Å². The highest BCUT2D eigenvalue weighted by Crippen LogP contribution is 2.44. The monoisotopic (exact) mass is 183 g/mol. The van der Waals surface area contributed by atoms with Crippen molar-refractivity contribution >= 4 is 11.8 Å². The van der Waals surface area contributed by atoms with Crippen LogP contribution >= 0.6 is 11.8 Å². The van der Waals surface area contributed by atoms with E-state index in [4.69, 9.17) is 5.26 Å². The molecule has 1 fully saturated rings. The Kier molecular flexibility index (Phi) is 3.94. The largest absolute Gasteiger partial charge is 0.198 e. The highest BCUT2D eigenvalue weighted by molar-refractivity contribution is 7.99. The van der Waals surface area contributed by atoms with Crippen LogP contribution in [0.3, 0.4) is 0 Å². The molecule has 0 aromatic rings. The molecule has 0 bridgehead atoms. The Bertz CT molecular complexity index is 167. The highest BCUT2D eigenvalue weighted by atomic mass is 32.2. The number of rotatable bonds is 5. The predicted octanol–water partition coefficient (Wildman–Crippen LogP) is 3.21. The van der Waals surface area contributed by atoms with Gasteiger partial charge in [0.05, 0.1) is 11.5 Å². The minimum Gasteiger partial charge on any atom is -0.198 e. The molecule has 0 N–H and O–H groups in total. The maximum absolute atomic E-state index is 8.94. The van der Waals surface area contributed by atoms with E-state index in [1.807, 2.05) is 11.8 Å². The SMILES string of the molecule is CCSCCCC1(C#N)CCC1. The molecular formula is C10H17NS. The molecule has 1 rings (SSSR count). The molecular weight excluding hydrogens is 166 g/mol. The summed E-state index contributed by atoms with van der Waals surface area (Å²) >= 11 is 1.98. The van der Waals surface area contributed by atoms with Gasteiger partial charge in [-0.2, -0.15) is 17.0 Å². The van der Waals surface area contributed by atoms with Crippen molar-refractivity contribution in [1.29, 1.82) is 5.26 Å². The second kappa shape index (κ2) is 4.77. The highest BCUT2D eigenvalue weighted by Gasteiger charge is 2.36. The third kappa shape index (κ3) is 2.42. The average molecular weight is 183 g/mol. The van der Waals surface area contributed by atoms with E-state index in [-0.39, 0.29) is 5.41 Å². The molecule has 1 nitrogen and oxygen atoms in total. The molecule has 0 atom stereocenters. The van der Waals surface area contributed by atoms with Gasteiger partial charge >= 0.3 is 0 Å². The topological polar surface area (TPSA) is 23.8 Å². The zero-order chi connectivity index (χ0) is 8.86. The van der Waals surface area contributed by atoms with Crippen molar-refractivity contribution in [1.82, 2.24) is 0 Å². The van der Waals surface area contributed by atoms with E-state index in [0.29, 0.717) is 0 Å². The van der Waals surface area contributed by atoms with Crippen molar-refractivity contribution in [3.05, 3.63) is 0 Å². The van der Waals surface area contributed by atoms with Crippen LogP contribution in [0.15, 0.2) is 0 Å². The van der Waals surface area contributed by atoms with Gasteiger partial charge < -0.3 is 0 Å². The molecule has 68 valence electrons. The van der Waals surface area contributed by atoms with Gasteiger partial charge in [-0.15, -0.1) is 0 Å². The normalized spacial score (nSPS) is 19.7. The minimum atomic E-state index is 0.105. The first-order valence-electron chi connectivity index (χ1n) is 4.82. The summed E-state index contributed by atoms with van der Waals surface area (Å²) in [5.41, 5.74) is 0.105. The Morgan fingerprint density at radius 1 is 1.50 bits per heavy atom. The van der Waals surface area contributed by atoms with Crippen LogP contribution in [0.5, 0.6) is 0 Å². The molecule has 0 aromatic carbocycles. The summed E-state index contributed by atoms with van der Waals surface area (Å²) in [6.45, 7) is 2.19. The summed E-state index contributed by atoms with van der Waals surface area (Å²) in [5.74, 6) is 2.44. The molecule has 0 heterocycles. The van der Waals surface area contributed by atoms with Gasteiger partial charge in [0.25, 0.3) is 0 Å². The van der Waals surface area contributed by atoms with Gasteiger partial charge in [-0.25, -0.2) is 0 Å². The quantitative estimate of drug-likeness (QED) is 0.611. The lowest BCUT2D eigenvalue weighted by Crippen LogP contribution is -2.27. The van der Waals surface area contributed by atoms with Crippen molar-refractivity contribution in [2.75, 3.05) is 11.5 Å². The van der Waals surface area contributed by atoms with Crippen LogP contribution in [0.25, 0.3) is 0 Å². The van der Waals surface area contributed by atoms with Crippen LogP contribution < -0.4 is 0 Å². The number of thioether (sulfide) groups is 1. The molecule has 0 amide bonds. The smallest absolute Gasteiger partial charge is 0.0689 e. The van der Waals surface area contributed by atoms with E-state index in [1.165, 1.54) is 24.3 Å². The molecule has 1 saturated carbocycles. The summed E-state index contributed by atoms with van der Waals surface area (Å²) in [6, 6.07) is 2.48. The fourth-order valence-corrected chi connectivity index (χ4v) is 2.32. The Morgan fingerprint density at radius 3 is 2.67 bits per heavy atom. The lowest BCUT2D eigenvalue weighted by molar-refractivity contribution is 0.197. The van der Waals surface area contributed by atoms with E-state index >= 15 is 0 Å². The van der Waals surface area contributed by atoms with E-state index in [2.05, 4.69) is 13.0 Å². The Balaban J connectivity index is 2.09. The Morgan fingerprint density at radius 2 is 2.25 bits per heavy atom. The molecule has 1 aliphatic carbocycles. The molecule has 0 saturated heterocycles. The molecule has 1 aliphatic rings. The molecule has 12 heavy (non-hydrogen) atoms. The predicted molar refractivity (Wildman–Crippen MR) is 54.1 cm³/mol. The molecule has 2 heteroatoms. The number of hydrogen-bond acceptors (Lipinski definition) is 2. The van der Waals surface area contributed by atoms with Crippen LogP contribution in [-0.2, 0) is 0 Å². The summed E-state index contributed by atoms with van der Waals surface area (Å²) in [5, 5.41) is 8.94. The lowest BCUT2D eigenvalue weighted by Gasteiger charge is -2.35. The minimum absolute atomic E-state index is 0.105. The molecule has 0 aliphatic heterocycles. The van der Waals surface area contributed by atoms with Gasteiger partial charge in [-0.3, -0.25) is 0 Å². The summed E-state index contributed by atoms with van der Waals surface area (Å²) in [4.78, 5) is 0. The zero-order valence-corrected chi connectivity index (χ0v) is 8.62. The third-order valence-electron chi connectivity index (χ3n) is 2.70. The van der Waals surface area contributed by atoms with E-state index in [1.54, 1.807) is 0 Å².